The summed E-state index contributed by atoms with van der Waals surface area (Å²) in [5, 5.41) is 6.41. The molecule has 1 fully saturated rings. The van der Waals surface area contributed by atoms with Crippen molar-refractivity contribution in [1.82, 2.24) is 10.6 Å². The average molecular weight is 332 g/mol. The predicted molar refractivity (Wildman–Crippen MR) is 98.1 cm³/mol. The largest absolute Gasteiger partial charge is 0.376 e. The van der Waals surface area contributed by atoms with Crippen LogP contribution < -0.4 is 10.6 Å². The van der Waals surface area contributed by atoms with E-state index in [1.165, 1.54) is 12.8 Å². The van der Waals surface area contributed by atoms with Crippen LogP contribution in [0, 0.1) is 11.8 Å². The van der Waals surface area contributed by atoms with Gasteiger partial charge in [-0.3, -0.25) is 4.79 Å². The standard InChI is InChI=1S/C20H32N2O2/c1-3-16(2)14-24-15-18-4-6-19(7-5-18)20(23)22-13-10-17-8-11-21-12-9-17/h4-7,16-17,21H,3,8-15H2,1-2H3,(H,22,23). The minimum Gasteiger partial charge on any atom is -0.376 e. The summed E-state index contributed by atoms with van der Waals surface area (Å²) in [6.45, 7) is 8.75. The molecule has 4 heteroatoms. The number of carbonyl (C=O) groups excluding carboxylic acids is 1. The first-order valence-corrected chi connectivity index (χ1v) is 9.34. The average Bonchev–Trinajstić information content (AvgIpc) is 2.63. The van der Waals surface area contributed by atoms with Gasteiger partial charge in [0, 0.05) is 18.7 Å². The zero-order valence-electron chi connectivity index (χ0n) is 15.1. The van der Waals surface area contributed by atoms with Crippen LogP contribution in [0.25, 0.3) is 0 Å². The number of amides is 1. The third-order valence-corrected chi connectivity index (χ3v) is 4.88. The van der Waals surface area contributed by atoms with Gasteiger partial charge in [0.05, 0.1) is 6.61 Å². The summed E-state index contributed by atoms with van der Waals surface area (Å²) in [5.74, 6) is 1.36. The number of carbonyl (C=O) groups is 1. The summed E-state index contributed by atoms with van der Waals surface area (Å²) in [6, 6.07) is 7.75. The van der Waals surface area contributed by atoms with Crippen LogP contribution in [0.4, 0.5) is 0 Å². The third-order valence-electron chi connectivity index (χ3n) is 4.88. The van der Waals surface area contributed by atoms with Crippen LogP contribution in [-0.2, 0) is 11.3 Å². The van der Waals surface area contributed by atoms with E-state index in [0.29, 0.717) is 12.5 Å². The van der Waals surface area contributed by atoms with Gasteiger partial charge in [0.2, 0.25) is 0 Å². The molecular formula is C20H32N2O2. The van der Waals surface area contributed by atoms with E-state index in [-0.39, 0.29) is 5.91 Å². The molecule has 1 atom stereocenters. The molecule has 2 N–H and O–H groups in total. The van der Waals surface area contributed by atoms with Crippen LogP contribution in [0.1, 0.15) is 55.5 Å². The Morgan fingerprint density at radius 3 is 2.67 bits per heavy atom. The molecule has 1 amide bonds. The summed E-state index contributed by atoms with van der Waals surface area (Å²) in [5.41, 5.74) is 1.84. The van der Waals surface area contributed by atoms with Crippen molar-refractivity contribution in [2.45, 2.75) is 46.1 Å². The van der Waals surface area contributed by atoms with E-state index in [4.69, 9.17) is 4.74 Å². The molecule has 0 radical (unpaired) electrons. The Morgan fingerprint density at radius 1 is 1.29 bits per heavy atom. The Morgan fingerprint density at radius 2 is 2.00 bits per heavy atom. The molecule has 0 saturated carbocycles. The molecule has 0 spiro atoms. The molecule has 1 aromatic rings. The van der Waals surface area contributed by atoms with Crippen LogP contribution in [0.15, 0.2) is 24.3 Å². The number of rotatable bonds is 9. The molecule has 1 heterocycles. The molecule has 1 aromatic carbocycles. The molecular weight excluding hydrogens is 300 g/mol. The first-order valence-electron chi connectivity index (χ1n) is 9.34. The monoisotopic (exact) mass is 332 g/mol. The Bertz CT molecular complexity index is 481. The highest BCUT2D eigenvalue weighted by molar-refractivity contribution is 5.94. The lowest BCUT2D eigenvalue weighted by Crippen LogP contribution is -2.31. The third kappa shape index (κ3) is 6.62. The van der Waals surface area contributed by atoms with Gasteiger partial charge in [-0.05, 0) is 61.9 Å². The minimum absolute atomic E-state index is 0.0241. The highest BCUT2D eigenvalue weighted by atomic mass is 16.5. The molecule has 1 aliphatic heterocycles. The number of piperidine rings is 1. The van der Waals surface area contributed by atoms with Crippen LogP contribution >= 0.6 is 0 Å². The molecule has 134 valence electrons. The lowest BCUT2D eigenvalue weighted by molar-refractivity contribution is 0.0908. The van der Waals surface area contributed by atoms with Crippen molar-refractivity contribution in [3.63, 3.8) is 0 Å². The van der Waals surface area contributed by atoms with Crippen LogP contribution in [0.3, 0.4) is 0 Å². The van der Waals surface area contributed by atoms with Crippen molar-refractivity contribution >= 4 is 5.91 Å². The smallest absolute Gasteiger partial charge is 0.251 e. The SMILES string of the molecule is CCC(C)COCc1ccc(C(=O)NCCC2CCNCC2)cc1. The highest BCUT2D eigenvalue weighted by Crippen LogP contribution is 2.15. The van der Waals surface area contributed by atoms with Gasteiger partial charge in [0.1, 0.15) is 0 Å². The Hall–Kier alpha value is -1.39. The second-order valence-electron chi connectivity index (χ2n) is 6.96. The van der Waals surface area contributed by atoms with Crippen molar-refractivity contribution in [3.05, 3.63) is 35.4 Å². The van der Waals surface area contributed by atoms with E-state index in [1.807, 2.05) is 24.3 Å². The maximum atomic E-state index is 12.2. The highest BCUT2D eigenvalue weighted by Gasteiger charge is 2.13. The predicted octanol–water partition coefficient (Wildman–Crippen LogP) is 3.37. The minimum atomic E-state index is 0.0241. The topological polar surface area (TPSA) is 50.4 Å². The van der Waals surface area contributed by atoms with Gasteiger partial charge in [-0.15, -0.1) is 0 Å². The maximum absolute atomic E-state index is 12.2. The molecule has 1 unspecified atom stereocenters. The molecule has 1 aliphatic rings. The summed E-state index contributed by atoms with van der Waals surface area (Å²) in [4.78, 5) is 12.2. The molecule has 4 nitrogen and oxygen atoms in total. The van der Waals surface area contributed by atoms with E-state index in [1.54, 1.807) is 0 Å². The van der Waals surface area contributed by atoms with Gasteiger partial charge in [-0.25, -0.2) is 0 Å². The van der Waals surface area contributed by atoms with Gasteiger partial charge in [0.15, 0.2) is 0 Å². The first-order chi connectivity index (χ1) is 11.7. The van der Waals surface area contributed by atoms with Gasteiger partial charge in [-0.2, -0.15) is 0 Å². The molecule has 0 aromatic heterocycles. The molecule has 0 bridgehead atoms. The van der Waals surface area contributed by atoms with E-state index >= 15 is 0 Å². The number of ether oxygens (including phenoxy) is 1. The van der Waals surface area contributed by atoms with Crippen LogP contribution in [0.2, 0.25) is 0 Å². The number of benzene rings is 1. The van der Waals surface area contributed by atoms with E-state index in [9.17, 15) is 4.79 Å². The van der Waals surface area contributed by atoms with E-state index in [2.05, 4.69) is 24.5 Å². The molecule has 1 saturated heterocycles. The fourth-order valence-electron chi connectivity index (χ4n) is 2.91. The molecule has 2 rings (SSSR count). The first kappa shape index (κ1) is 18.9. The normalized spacial score (nSPS) is 16.8. The van der Waals surface area contributed by atoms with E-state index in [0.717, 1.165) is 56.1 Å². The van der Waals surface area contributed by atoms with Crippen molar-refractivity contribution < 1.29 is 9.53 Å². The molecule has 24 heavy (non-hydrogen) atoms. The fourth-order valence-corrected chi connectivity index (χ4v) is 2.91. The van der Waals surface area contributed by atoms with Crippen LogP contribution in [-0.4, -0.2) is 32.1 Å². The van der Waals surface area contributed by atoms with Gasteiger partial charge in [-0.1, -0.05) is 32.4 Å². The Balaban J connectivity index is 1.68. The number of nitrogens with one attached hydrogen (secondary N) is 2. The van der Waals surface area contributed by atoms with Crippen LogP contribution in [0.5, 0.6) is 0 Å². The fraction of sp³-hybridized carbons (Fsp3) is 0.650. The number of hydrogen-bond donors (Lipinski definition) is 2. The van der Waals surface area contributed by atoms with Gasteiger partial charge in [0.25, 0.3) is 5.91 Å². The maximum Gasteiger partial charge on any atom is 0.251 e. The lowest BCUT2D eigenvalue weighted by atomic mass is 9.95. The number of hydrogen-bond acceptors (Lipinski definition) is 3. The quantitative estimate of drug-likeness (QED) is 0.729. The Kier molecular flexibility index (Phi) is 8.26. The summed E-state index contributed by atoms with van der Waals surface area (Å²) < 4.78 is 5.70. The summed E-state index contributed by atoms with van der Waals surface area (Å²) >= 11 is 0. The second kappa shape index (κ2) is 10.5. The zero-order valence-corrected chi connectivity index (χ0v) is 15.1. The van der Waals surface area contributed by atoms with Crippen molar-refractivity contribution in [2.75, 3.05) is 26.2 Å². The van der Waals surface area contributed by atoms with Crippen molar-refractivity contribution in [1.29, 1.82) is 0 Å². The Labute approximate surface area is 146 Å². The van der Waals surface area contributed by atoms with Gasteiger partial charge < -0.3 is 15.4 Å². The van der Waals surface area contributed by atoms with Gasteiger partial charge >= 0.3 is 0 Å². The second-order valence-corrected chi connectivity index (χ2v) is 6.96. The van der Waals surface area contributed by atoms with Crippen molar-refractivity contribution in [3.8, 4) is 0 Å². The van der Waals surface area contributed by atoms with Crippen molar-refractivity contribution in [2.24, 2.45) is 11.8 Å². The summed E-state index contributed by atoms with van der Waals surface area (Å²) in [6.07, 6.45) is 4.66. The summed E-state index contributed by atoms with van der Waals surface area (Å²) in [7, 11) is 0. The lowest BCUT2D eigenvalue weighted by Gasteiger charge is -2.22. The molecule has 0 aliphatic carbocycles. The van der Waals surface area contributed by atoms with E-state index < -0.39 is 0 Å². The zero-order chi connectivity index (χ0) is 17.2.